The highest BCUT2D eigenvalue weighted by molar-refractivity contribution is 6.36. The molecule has 0 fully saturated rings. The number of nitro groups is 1. The standard InChI is InChI=1S/C16H10ClN3O3/c17-13-6-7-14(15-12(13)5-2-8-18-15)19-16(21)10-3-1-4-11(9-10)20(22)23/h1-9H,(H,19,21). The summed E-state index contributed by atoms with van der Waals surface area (Å²) in [6.45, 7) is 0. The number of rotatable bonds is 3. The van der Waals surface area contributed by atoms with Crippen molar-refractivity contribution in [2.45, 2.75) is 0 Å². The lowest BCUT2D eigenvalue weighted by Crippen LogP contribution is -2.12. The Morgan fingerprint density at radius 3 is 2.78 bits per heavy atom. The van der Waals surface area contributed by atoms with E-state index in [-0.39, 0.29) is 11.3 Å². The number of benzene rings is 2. The van der Waals surface area contributed by atoms with Crippen molar-refractivity contribution in [1.29, 1.82) is 0 Å². The zero-order valence-corrected chi connectivity index (χ0v) is 12.4. The Kier molecular flexibility index (Phi) is 3.91. The highest BCUT2D eigenvalue weighted by Crippen LogP contribution is 2.28. The minimum atomic E-state index is -0.546. The van der Waals surface area contributed by atoms with Crippen LogP contribution in [-0.2, 0) is 0 Å². The molecule has 0 saturated carbocycles. The van der Waals surface area contributed by atoms with Crippen LogP contribution in [0.5, 0.6) is 0 Å². The highest BCUT2D eigenvalue weighted by atomic mass is 35.5. The van der Waals surface area contributed by atoms with E-state index in [2.05, 4.69) is 10.3 Å². The first-order valence-electron chi connectivity index (χ1n) is 6.65. The normalized spacial score (nSPS) is 10.5. The van der Waals surface area contributed by atoms with Gasteiger partial charge in [0.25, 0.3) is 11.6 Å². The quantitative estimate of drug-likeness (QED) is 0.581. The molecular formula is C16H10ClN3O3. The Bertz CT molecular complexity index is 927. The third-order valence-electron chi connectivity index (χ3n) is 3.28. The lowest BCUT2D eigenvalue weighted by atomic mass is 10.1. The number of carbonyl (C=O) groups excluding carboxylic acids is 1. The summed E-state index contributed by atoms with van der Waals surface area (Å²) in [6, 6.07) is 12.4. The molecule has 0 aliphatic heterocycles. The summed E-state index contributed by atoms with van der Waals surface area (Å²) in [4.78, 5) is 26.8. The van der Waals surface area contributed by atoms with Gasteiger partial charge in [0, 0.05) is 29.3 Å². The summed E-state index contributed by atoms with van der Waals surface area (Å²) < 4.78 is 0. The minimum Gasteiger partial charge on any atom is -0.320 e. The Hall–Kier alpha value is -2.99. The van der Waals surface area contributed by atoms with Gasteiger partial charge in [-0.1, -0.05) is 17.7 Å². The van der Waals surface area contributed by atoms with Gasteiger partial charge < -0.3 is 5.32 Å². The molecule has 0 aliphatic rings. The predicted molar refractivity (Wildman–Crippen MR) is 87.8 cm³/mol. The molecule has 3 rings (SSSR count). The average molecular weight is 328 g/mol. The summed E-state index contributed by atoms with van der Waals surface area (Å²) in [7, 11) is 0. The Labute approximate surface area is 135 Å². The van der Waals surface area contributed by atoms with Crippen molar-refractivity contribution in [3.63, 3.8) is 0 Å². The van der Waals surface area contributed by atoms with E-state index in [1.54, 1.807) is 30.5 Å². The molecule has 0 radical (unpaired) electrons. The summed E-state index contributed by atoms with van der Waals surface area (Å²) in [6.07, 6.45) is 1.60. The largest absolute Gasteiger partial charge is 0.320 e. The number of anilines is 1. The molecule has 0 bridgehead atoms. The Morgan fingerprint density at radius 2 is 2.00 bits per heavy atom. The zero-order valence-electron chi connectivity index (χ0n) is 11.7. The van der Waals surface area contributed by atoms with E-state index in [4.69, 9.17) is 11.6 Å². The summed E-state index contributed by atoms with van der Waals surface area (Å²) in [5.74, 6) is -0.456. The van der Waals surface area contributed by atoms with E-state index in [9.17, 15) is 14.9 Å². The second kappa shape index (κ2) is 6.02. The van der Waals surface area contributed by atoms with Gasteiger partial charge in [-0.2, -0.15) is 0 Å². The Balaban J connectivity index is 1.96. The number of fused-ring (bicyclic) bond motifs is 1. The SMILES string of the molecule is O=C(Nc1ccc(Cl)c2cccnc12)c1cccc([N+](=O)[O-])c1. The van der Waals surface area contributed by atoms with E-state index in [0.717, 1.165) is 0 Å². The molecule has 1 N–H and O–H groups in total. The number of carbonyl (C=O) groups is 1. The molecule has 0 atom stereocenters. The third kappa shape index (κ3) is 2.97. The number of amides is 1. The first-order valence-corrected chi connectivity index (χ1v) is 7.03. The van der Waals surface area contributed by atoms with E-state index >= 15 is 0 Å². The second-order valence-corrected chi connectivity index (χ2v) is 5.16. The van der Waals surface area contributed by atoms with Gasteiger partial charge in [-0.3, -0.25) is 19.9 Å². The first kappa shape index (κ1) is 14.9. The molecule has 0 saturated heterocycles. The van der Waals surface area contributed by atoms with Gasteiger partial charge in [-0.15, -0.1) is 0 Å². The van der Waals surface area contributed by atoms with Crippen LogP contribution in [0.15, 0.2) is 54.7 Å². The van der Waals surface area contributed by atoms with Crippen LogP contribution in [0.3, 0.4) is 0 Å². The number of non-ortho nitro benzene ring substituents is 1. The van der Waals surface area contributed by atoms with Gasteiger partial charge in [0.05, 0.1) is 21.2 Å². The molecule has 3 aromatic rings. The topological polar surface area (TPSA) is 85.1 Å². The highest BCUT2D eigenvalue weighted by Gasteiger charge is 2.13. The van der Waals surface area contributed by atoms with Crippen molar-refractivity contribution < 1.29 is 9.72 Å². The fourth-order valence-corrected chi connectivity index (χ4v) is 2.41. The Morgan fingerprint density at radius 1 is 1.17 bits per heavy atom. The van der Waals surface area contributed by atoms with Crippen LogP contribution in [0.2, 0.25) is 5.02 Å². The van der Waals surface area contributed by atoms with Crippen molar-refractivity contribution >= 4 is 39.8 Å². The molecule has 1 heterocycles. The van der Waals surface area contributed by atoms with Crippen LogP contribution in [0.25, 0.3) is 10.9 Å². The summed E-state index contributed by atoms with van der Waals surface area (Å²) >= 11 is 6.11. The second-order valence-electron chi connectivity index (χ2n) is 4.76. The van der Waals surface area contributed by atoms with Crippen LogP contribution in [0.1, 0.15) is 10.4 Å². The van der Waals surface area contributed by atoms with Crippen LogP contribution in [0, 0.1) is 10.1 Å². The molecule has 0 spiro atoms. The number of hydrogen-bond donors (Lipinski definition) is 1. The van der Waals surface area contributed by atoms with Gasteiger partial charge in [0.1, 0.15) is 0 Å². The number of halogens is 1. The van der Waals surface area contributed by atoms with Crippen molar-refractivity contribution in [2.75, 3.05) is 5.32 Å². The van der Waals surface area contributed by atoms with Gasteiger partial charge in [-0.05, 0) is 30.3 Å². The number of nitrogens with zero attached hydrogens (tertiary/aromatic N) is 2. The lowest BCUT2D eigenvalue weighted by molar-refractivity contribution is -0.384. The monoisotopic (exact) mass is 327 g/mol. The molecule has 6 nitrogen and oxygen atoms in total. The fraction of sp³-hybridized carbons (Fsp3) is 0. The van der Waals surface area contributed by atoms with Crippen LogP contribution >= 0.6 is 11.6 Å². The fourth-order valence-electron chi connectivity index (χ4n) is 2.19. The molecule has 1 amide bonds. The summed E-state index contributed by atoms with van der Waals surface area (Å²) in [5, 5.41) is 14.8. The van der Waals surface area contributed by atoms with Gasteiger partial charge in [0.15, 0.2) is 0 Å². The molecule has 0 unspecified atom stereocenters. The number of pyridine rings is 1. The molecule has 7 heteroatoms. The van der Waals surface area contributed by atoms with Crippen LogP contribution < -0.4 is 5.32 Å². The lowest BCUT2D eigenvalue weighted by Gasteiger charge is -2.09. The maximum atomic E-state index is 12.3. The van der Waals surface area contributed by atoms with Crippen molar-refractivity contribution in [3.05, 3.63) is 75.4 Å². The number of nitrogens with one attached hydrogen (secondary N) is 1. The first-order chi connectivity index (χ1) is 11.1. The van der Waals surface area contributed by atoms with E-state index in [1.807, 2.05) is 0 Å². The van der Waals surface area contributed by atoms with Crippen LogP contribution in [0.4, 0.5) is 11.4 Å². The van der Waals surface area contributed by atoms with Crippen LogP contribution in [-0.4, -0.2) is 15.8 Å². The van der Waals surface area contributed by atoms with E-state index < -0.39 is 10.8 Å². The molecular weight excluding hydrogens is 318 g/mol. The molecule has 2 aromatic carbocycles. The average Bonchev–Trinajstić information content (AvgIpc) is 2.57. The number of aromatic nitrogens is 1. The zero-order chi connectivity index (χ0) is 16.4. The molecule has 114 valence electrons. The van der Waals surface area contributed by atoms with E-state index in [0.29, 0.717) is 21.6 Å². The molecule has 0 aliphatic carbocycles. The van der Waals surface area contributed by atoms with Crippen molar-refractivity contribution in [2.24, 2.45) is 0 Å². The van der Waals surface area contributed by atoms with Crippen molar-refractivity contribution in [1.82, 2.24) is 4.98 Å². The van der Waals surface area contributed by atoms with Gasteiger partial charge in [-0.25, -0.2) is 0 Å². The van der Waals surface area contributed by atoms with E-state index in [1.165, 1.54) is 24.3 Å². The van der Waals surface area contributed by atoms with Gasteiger partial charge >= 0.3 is 0 Å². The summed E-state index contributed by atoms with van der Waals surface area (Å²) in [5.41, 5.74) is 1.09. The van der Waals surface area contributed by atoms with Gasteiger partial charge in [0.2, 0.25) is 0 Å². The minimum absolute atomic E-state index is 0.142. The molecule has 1 aromatic heterocycles. The smallest absolute Gasteiger partial charge is 0.270 e. The molecule has 23 heavy (non-hydrogen) atoms. The number of hydrogen-bond acceptors (Lipinski definition) is 4. The third-order valence-corrected chi connectivity index (χ3v) is 3.61. The predicted octanol–water partition coefficient (Wildman–Crippen LogP) is 4.05. The maximum Gasteiger partial charge on any atom is 0.270 e. The van der Waals surface area contributed by atoms with Crippen molar-refractivity contribution in [3.8, 4) is 0 Å². The number of nitro benzene ring substituents is 1. The maximum absolute atomic E-state index is 12.3.